The maximum Gasteiger partial charge on any atom is 0.333 e. The van der Waals surface area contributed by atoms with Gasteiger partial charge in [-0.2, -0.15) is 0 Å². The predicted octanol–water partition coefficient (Wildman–Crippen LogP) is 4.21. The molecule has 20 heavy (non-hydrogen) atoms. The number of thioether (sulfide) groups is 1. The SMILES string of the molecule is CCc1ccc(N/C(=C\C(=O)OC)SC(C)(C)C)cc1. The zero-order valence-electron chi connectivity index (χ0n) is 12.8. The Morgan fingerprint density at radius 2 is 1.90 bits per heavy atom. The van der Waals surface area contributed by atoms with E-state index >= 15 is 0 Å². The van der Waals surface area contributed by atoms with Crippen LogP contribution in [-0.4, -0.2) is 17.8 Å². The molecule has 1 aromatic carbocycles. The maximum absolute atomic E-state index is 11.4. The van der Waals surface area contributed by atoms with E-state index in [4.69, 9.17) is 4.74 Å². The zero-order valence-corrected chi connectivity index (χ0v) is 13.6. The second-order valence-electron chi connectivity index (χ2n) is 5.42. The average molecular weight is 293 g/mol. The van der Waals surface area contributed by atoms with Crippen molar-refractivity contribution in [3.8, 4) is 0 Å². The maximum atomic E-state index is 11.4. The van der Waals surface area contributed by atoms with Crippen LogP contribution in [0.4, 0.5) is 5.69 Å². The van der Waals surface area contributed by atoms with E-state index in [9.17, 15) is 4.79 Å². The minimum atomic E-state index is -0.352. The fraction of sp³-hybridized carbons (Fsp3) is 0.438. The number of rotatable bonds is 5. The number of carbonyl (C=O) groups excluding carboxylic acids is 1. The van der Waals surface area contributed by atoms with E-state index in [1.54, 1.807) is 11.8 Å². The molecule has 0 spiro atoms. The molecular weight excluding hydrogens is 270 g/mol. The summed E-state index contributed by atoms with van der Waals surface area (Å²) < 4.78 is 4.71. The van der Waals surface area contributed by atoms with Crippen molar-refractivity contribution in [2.75, 3.05) is 12.4 Å². The Kier molecular flexibility index (Phi) is 6.14. The number of benzene rings is 1. The molecule has 0 atom stereocenters. The highest BCUT2D eigenvalue weighted by molar-refractivity contribution is 8.04. The number of methoxy groups -OCH3 is 1. The third kappa shape index (κ3) is 6.15. The summed E-state index contributed by atoms with van der Waals surface area (Å²) in [5.74, 6) is -0.352. The normalized spacial score (nSPS) is 12.2. The van der Waals surface area contributed by atoms with Crippen molar-refractivity contribution in [3.63, 3.8) is 0 Å². The first-order chi connectivity index (χ1) is 9.34. The van der Waals surface area contributed by atoms with Crippen LogP contribution < -0.4 is 5.32 Å². The number of anilines is 1. The fourth-order valence-electron chi connectivity index (χ4n) is 1.55. The highest BCUT2D eigenvalue weighted by atomic mass is 32.2. The zero-order chi connectivity index (χ0) is 15.2. The lowest BCUT2D eigenvalue weighted by molar-refractivity contribution is -0.134. The van der Waals surface area contributed by atoms with E-state index in [0.29, 0.717) is 0 Å². The molecule has 4 heteroatoms. The summed E-state index contributed by atoms with van der Waals surface area (Å²) in [5.41, 5.74) is 2.26. The molecule has 1 N–H and O–H groups in total. The van der Waals surface area contributed by atoms with Crippen LogP contribution in [-0.2, 0) is 16.0 Å². The minimum absolute atomic E-state index is 0.0101. The third-order valence-electron chi connectivity index (χ3n) is 2.50. The Morgan fingerprint density at radius 1 is 1.30 bits per heavy atom. The van der Waals surface area contributed by atoms with Crippen LogP contribution >= 0.6 is 11.8 Å². The van der Waals surface area contributed by atoms with Gasteiger partial charge in [-0.25, -0.2) is 4.79 Å². The number of nitrogens with one attached hydrogen (secondary N) is 1. The molecule has 0 saturated carbocycles. The molecule has 1 rings (SSSR count). The number of hydrogen-bond donors (Lipinski definition) is 1. The molecule has 0 aliphatic rings. The highest BCUT2D eigenvalue weighted by Gasteiger charge is 2.15. The van der Waals surface area contributed by atoms with E-state index in [1.165, 1.54) is 18.7 Å². The van der Waals surface area contributed by atoms with Crippen molar-refractivity contribution in [2.24, 2.45) is 0 Å². The summed E-state index contributed by atoms with van der Waals surface area (Å²) in [6.45, 7) is 8.43. The Labute approximate surface area is 125 Å². The van der Waals surface area contributed by atoms with Crippen molar-refractivity contribution in [1.82, 2.24) is 0 Å². The smallest absolute Gasteiger partial charge is 0.333 e. The standard InChI is InChI=1S/C16H23NO2S/c1-6-12-7-9-13(10-8-12)17-14(11-15(18)19-5)20-16(2,3)4/h7-11,17H,6H2,1-5H3/b14-11+. The molecule has 0 unspecified atom stereocenters. The van der Waals surface area contributed by atoms with Gasteiger partial charge in [-0.15, -0.1) is 11.8 Å². The first-order valence-corrected chi connectivity index (χ1v) is 7.50. The van der Waals surface area contributed by atoms with Gasteiger partial charge in [0.25, 0.3) is 0 Å². The Bertz CT molecular complexity index is 472. The lowest BCUT2D eigenvalue weighted by Gasteiger charge is -2.20. The fourth-order valence-corrected chi connectivity index (χ4v) is 2.54. The second kappa shape index (κ2) is 7.39. The largest absolute Gasteiger partial charge is 0.466 e. The number of hydrogen-bond acceptors (Lipinski definition) is 4. The lowest BCUT2D eigenvalue weighted by atomic mass is 10.1. The van der Waals surface area contributed by atoms with E-state index in [2.05, 4.69) is 45.1 Å². The van der Waals surface area contributed by atoms with E-state index in [1.807, 2.05) is 12.1 Å². The molecule has 0 heterocycles. The molecule has 3 nitrogen and oxygen atoms in total. The van der Waals surface area contributed by atoms with E-state index in [0.717, 1.165) is 17.1 Å². The average Bonchev–Trinajstić information content (AvgIpc) is 2.37. The molecule has 110 valence electrons. The highest BCUT2D eigenvalue weighted by Crippen LogP contribution is 2.31. The minimum Gasteiger partial charge on any atom is -0.466 e. The first kappa shape index (κ1) is 16.6. The summed E-state index contributed by atoms with van der Waals surface area (Å²) >= 11 is 1.60. The van der Waals surface area contributed by atoms with E-state index < -0.39 is 0 Å². The Balaban J connectivity index is 2.88. The van der Waals surface area contributed by atoms with Crippen molar-refractivity contribution in [1.29, 1.82) is 0 Å². The van der Waals surface area contributed by atoms with Gasteiger partial charge in [0.2, 0.25) is 0 Å². The van der Waals surface area contributed by atoms with E-state index in [-0.39, 0.29) is 10.7 Å². The molecule has 0 aromatic heterocycles. The lowest BCUT2D eigenvalue weighted by Crippen LogP contribution is -2.12. The molecule has 0 aliphatic heterocycles. The summed E-state index contributed by atoms with van der Waals surface area (Å²) in [5, 5.41) is 4.06. The molecule has 0 bridgehead atoms. The summed E-state index contributed by atoms with van der Waals surface area (Å²) in [7, 11) is 1.38. The van der Waals surface area contributed by atoms with Gasteiger partial charge in [0.15, 0.2) is 0 Å². The third-order valence-corrected chi connectivity index (χ3v) is 3.55. The van der Waals surface area contributed by atoms with Crippen LogP contribution in [0.1, 0.15) is 33.3 Å². The van der Waals surface area contributed by atoms with Crippen LogP contribution in [0.5, 0.6) is 0 Å². The number of esters is 1. The molecule has 0 fully saturated rings. The number of aryl methyl sites for hydroxylation is 1. The molecular formula is C16H23NO2S. The Hall–Kier alpha value is -1.42. The van der Waals surface area contributed by atoms with Crippen LogP contribution in [0.25, 0.3) is 0 Å². The summed E-state index contributed by atoms with van der Waals surface area (Å²) in [6.07, 6.45) is 2.51. The van der Waals surface area contributed by atoms with Crippen LogP contribution in [0, 0.1) is 0 Å². The van der Waals surface area contributed by atoms with Gasteiger partial charge in [0, 0.05) is 10.4 Å². The molecule has 0 aliphatic carbocycles. The predicted molar refractivity (Wildman–Crippen MR) is 86.9 cm³/mol. The van der Waals surface area contributed by atoms with Crippen LogP contribution in [0.3, 0.4) is 0 Å². The van der Waals surface area contributed by atoms with Crippen molar-refractivity contribution >= 4 is 23.4 Å². The molecule has 1 aromatic rings. The molecule has 0 saturated heterocycles. The van der Waals surface area contributed by atoms with Gasteiger partial charge < -0.3 is 10.1 Å². The Morgan fingerprint density at radius 3 is 2.35 bits per heavy atom. The topological polar surface area (TPSA) is 38.3 Å². The monoisotopic (exact) mass is 293 g/mol. The van der Waals surface area contributed by atoms with Crippen molar-refractivity contribution in [2.45, 2.75) is 38.9 Å². The summed E-state index contributed by atoms with van der Waals surface area (Å²) in [6, 6.07) is 8.21. The van der Waals surface area contributed by atoms with Gasteiger partial charge in [-0.1, -0.05) is 39.8 Å². The molecule has 0 radical (unpaired) electrons. The van der Waals surface area contributed by atoms with Gasteiger partial charge in [-0.05, 0) is 24.1 Å². The van der Waals surface area contributed by atoms with Crippen LogP contribution in [0.15, 0.2) is 35.4 Å². The summed E-state index contributed by atoms with van der Waals surface area (Å²) in [4.78, 5) is 11.4. The molecule has 0 amide bonds. The number of ether oxygens (including phenoxy) is 1. The van der Waals surface area contributed by atoms with Crippen molar-refractivity contribution in [3.05, 3.63) is 40.9 Å². The quantitative estimate of drug-likeness (QED) is 0.652. The van der Waals surface area contributed by atoms with Crippen LogP contribution in [0.2, 0.25) is 0 Å². The van der Waals surface area contributed by atoms with Gasteiger partial charge in [0.05, 0.1) is 18.2 Å². The number of carbonyl (C=O) groups is 1. The van der Waals surface area contributed by atoms with Gasteiger partial charge in [0.1, 0.15) is 0 Å². The second-order valence-corrected chi connectivity index (χ2v) is 7.29. The van der Waals surface area contributed by atoms with Gasteiger partial charge >= 0.3 is 5.97 Å². The van der Waals surface area contributed by atoms with Gasteiger partial charge in [-0.3, -0.25) is 0 Å². The van der Waals surface area contributed by atoms with Crippen molar-refractivity contribution < 1.29 is 9.53 Å². The first-order valence-electron chi connectivity index (χ1n) is 6.68.